The van der Waals surface area contributed by atoms with Gasteiger partial charge in [-0.1, -0.05) is 122 Å². The molecule has 5 aromatic carbocycles. The minimum absolute atomic E-state index is 0.144. The normalized spacial score (nSPS) is 22.2. The van der Waals surface area contributed by atoms with Crippen LogP contribution in [0.2, 0.25) is 0 Å². The molecule has 0 aromatic heterocycles. The molecule has 67 heavy (non-hydrogen) atoms. The average molecular weight is 960 g/mol. The molecule has 1 amide bonds. The standard InChI is InChI=1S/C54H57ClN3O7S2/c1-5-54(4)48(58(32-14-16-34-67(63,64)65)46-28-24-38-18-10-12-22-44(38)50(46)54)30-26-40-36-41(52(59)56-42-19-7-6-8-20-42)35-39(51(40)55)25-29-47-53(2,3)49-43-21-11-9-17-37(43)23-27-45(49)57(47)31-13-15-33-66(60,61)62/h6-12,17-30,41H,2,4-5,13-16,31-36H2,1,3H3,(H,56,59)(H,60,61,62)(H,63,64,65)/q-1. The number of hydrogen-bond acceptors (Lipinski definition) is 6. The van der Waals surface area contributed by atoms with Crippen molar-refractivity contribution in [2.24, 2.45) is 5.92 Å². The van der Waals surface area contributed by atoms with Gasteiger partial charge in [0, 0.05) is 53.0 Å². The number of halogens is 1. The van der Waals surface area contributed by atoms with Crippen molar-refractivity contribution in [3.63, 3.8) is 0 Å². The predicted molar refractivity (Wildman–Crippen MR) is 272 cm³/mol. The topological polar surface area (TPSA) is 144 Å². The monoisotopic (exact) mass is 958 g/mol. The second-order valence-electron chi connectivity index (χ2n) is 18.2. The fraction of sp³-hybridized carbons (Fsp3) is 0.296. The number of carbonyl (C=O) groups excluding carboxylic acids is 1. The summed E-state index contributed by atoms with van der Waals surface area (Å²) in [5.74, 6) is -1.29. The highest BCUT2D eigenvalue weighted by molar-refractivity contribution is 7.86. The van der Waals surface area contributed by atoms with Gasteiger partial charge in [0.2, 0.25) is 11.6 Å². The minimum Gasteiger partial charge on any atom is -0.347 e. The Labute approximate surface area is 399 Å². The summed E-state index contributed by atoms with van der Waals surface area (Å²) in [6, 6.07) is 34.1. The van der Waals surface area contributed by atoms with Crippen LogP contribution in [0.25, 0.3) is 21.5 Å². The molecular formula is C54H57ClN3O7S2-. The van der Waals surface area contributed by atoms with Gasteiger partial charge in [0.15, 0.2) is 5.71 Å². The largest absolute Gasteiger partial charge is 0.347 e. The highest BCUT2D eigenvalue weighted by Gasteiger charge is 2.41. The van der Waals surface area contributed by atoms with Crippen molar-refractivity contribution in [1.29, 1.82) is 0 Å². The maximum Gasteiger partial charge on any atom is 0.264 e. The van der Waals surface area contributed by atoms with Crippen LogP contribution in [-0.2, 0) is 35.9 Å². The molecule has 3 atom stereocenters. The number of rotatable bonds is 16. The zero-order valence-electron chi connectivity index (χ0n) is 37.9. The smallest absolute Gasteiger partial charge is 0.264 e. The molecule has 8 rings (SSSR count). The summed E-state index contributed by atoms with van der Waals surface area (Å²) in [4.78, 5) is 16.4. The van der Waals surface area contributed by atoms with Gasteiger partial charge in [-0.25, -0.2) is 0 Å². The molecule has 350 valence electrons. The fourth-order valence-corrected chi connectivity index (χ4v) is 11.6. The van der Waals surface area contributed by atoms with Crippen molar-refractivity contribution < 1.29 is 35.3 Å². The quantitative estimate of drug-likeness (QED) is 0.0384. The van der Waals surface area contributed by atoms with E-state index in [1.165, 1.54) is 0 Å². The molecular weight excluding hydrogens is 902 g/mol. The van der Waals surface area contributed by atoms with E-state index in [-0.39, 0.29) is 30.3 Å². The van der Waals surface area contributed by atoms with Crippen molar-refractivity contribution in [1.82, 2.24) is 0 Å². The molecule has 3 N–H and O–H groups in total. The molecule has 2 aliphatic heterocycles. The van der Waals surface area contributed by atoms with E-state index in [0.717, 1.165) is 66.6 Å². The van der Waals surface area contributed by atoms with Crippen molar-refractivity contribution >= 4 is 82.1 Å². The van der Waals surface area contributed by atoms with Gasteiger partial charge in [0.05, 0.1) is 11.5 Å². The first-order chi connectivity index (χ1) is 31.9. The molecule has 2 heterocycles. The average Bonchev–Trinajstić information content (AvgIpc) is 3.67. The maximum atomic E-state index is 14.2. The molecule has 1 aliphatic carbocycles. The summed E-state index contributed by atoms with van der Waals surface area (Å²) in [5.41, 5.74) is 6.71. The van der Waals surface area contributed by atoms with Gasteiger partial charge >= 0.3 is 0 Å². The molecule has 13 heteroatoms. The summed E-state index contributed by atoms with van der Waals surface area (Å²) in [6.45, 7) is 14.8. The zero-order chi connectivity index (χ0) is 47.7. The number of nitrogens with zero attached hydrogens (tertiary/aromatic N) is 2. The Morgan fingerprint density at radius 3 is 2.06 bits per heavy atom. The first-order valence-corrected chi connectivity index (χ1v) is 26.4. The SMILES string of the molecule is [CH2-]C1(C)C(C=CC2=C(Cl)C(=CC=C3N(CCCCS(=O)(=O)O)c4ccc5ccccc5c4C3([CH2-])CC)CC(C(=O)Nc3ccccc3)C2)=[N+](CCCCS(=O)(=O)O)c2ccc3ccccc3c21. The Hall–Kier alpha value is -5.37. The van der Waals surface area contributed by atoms with Crippen LogP contribution in [0.4, 0.5) is 17.1 Å². The van der Waals surface area contributed by atoms with Crippen molar-refractivity contribution in [3.05, 3.63) is 174 Å². The van der Waals surface area contributed by atoms with Gasteiger partial charge in [0.25, 0.3) is 20.2 Å². The minimum atomic E-state index is -4.12. The van der Waals surface area contributed by atoms with E-state index in [2.05, 4.69) is 83.2 Å². The predicted octanol–water partition coefficient (Wildman–Crippen LogP) is 11.4. The van der Waals surface area contributed by atoms with Crippen LogP contribution in [0.15, 0.2) is 149 Å². The molecule has 5 aromatic rings. The summed E-state index contributed by atoms with van der Waals surface area (Å²) in [7, 11) is -8.24. The summed E-state index contributed by atoms with van der Waals surface area (Å²) in [5, 5.41) is 7.95. The number of allylic oxidation sites excluding steroid dienone is 8. The Morgan fingerprint density at radius 2 is 1.40 bits per heavy atom. The van der Waals surface area contributed by atoms with E-state index in [4.69, 9.17) is 25.4 Å². The van der Waals surface area contributed by atoms with Gasteiger partial charge in [-0.3, -0.25) is 13.9 Å². The van der Waals surface area contributed by atoms with Gasteiger partial charge in [-0.15, -0.1) is 0 Å². The lowest BCUT2D eigenvalue weighted by Gasteiger charge is -2.36. The Morgan fingerprint density at radius 1 is 0.791 bits per heavy atom. The Bertz CT molecular complexity index is 3140. The van der Waals surface area contributed by atoms with Gasteiger partial charge in [-0.05, 0) is 112 Å². The van der Waals surface area contributed by atoms with Crippen molar-refractivity contribution in [2.45, 2.75) is 69.6 Å². The van der Waals surface area contributed by atoms with Crippen LogP contribution in [0.1, 0.15) is 69.9 Å². The zero-order valence-corrected chi connectivity index (χ0v) is 40.3. The lowest BCUT2D eigenvalue weighted by molar-refractivity contribution is -0.438. The van der Waals surface area contributed by atoms with E-state index in [1.54, 1.807) is 0 Å². The van der Waals surface area contributed by atoms with Crippen LogP contribution < -0.4 is 10.2 Å². The van der Waals surface area contributed by atoms with E-state index < -0.39 is 37.0 Å². The van der Waals surface area contributed by atoms with Crippen LogP contribution in [0.5, 0.6) is 0 Å². The maximum absolute atomic E-state index is 14.2. The van der Waals surface area contributed by atoms with Gasteiger partial charge in [0.1, 0.15) is 6.54 Å². The number of fused-ring (bicyclic) bond motifs is 6. The number of carbonyl (C=O) groups is 1. The summed E-state index contributed by atoms with van der Waals surface area (Å²) < 4.78 is 67.8. The second-order valence-corrected chi connectivity index (χ2v) is 21.7. The molecule has 3 aliphatic rings. The Kier molecular flexibility index (Phi) is 13.9. The van der Waals surface area contributed by atoms with Gasteiger partial charge < -0.3 is 24.1 Å². The summed E-state index contributed by atoms with van der Waals surface area (Å²) >= 11 is 7.49. The number of para-hydroxylation sites is 1. The van der Waals surface area contributed by atoms with Gasteiger partial charge in [-0.2, -0.15) is 21.4 Å². The van der Waals surface area contributed by atoms with Crippen LogP contribution in [0.3, 0.4) is 0 Å². The fourth-order valence-electron chi connectivity index (χ4n) is 10.2. The van der Waals surface area contributed by atoms with Crippen molar-refractivity contribution in [2.75, 3.05) is 34.8 Å². The molecule has 10 nitrogen and oxygen atoms in total. The molecule has 0 saturated heterocycles. The lowest BCUT2D eigenvalue weighted by atomic mass is 9.77. The highest BCUT2D eigenvalue weighted by atomic mass is 35.5. The van der Waals surface area contributed by atoms with Crippen LogP contribution in [0, 0.1) is 19.8 Å². The van der Waals surface area contributed by atoms with E-state index in [0.29, 0.717) is 55.9 Å². The third-order valence-electron chi connectivity index (χ3n) is 13.5. The third-order valence-corrected chi connectivity index (χ3v) is 15.6. The lowest BCUT2D eigenvalue weighted by Crippen LogP contribution is -2.29. The Balaban J connectivity index is 1.22. The molecule has 0 radical (unpaired) electrons. The molecule has 0 spiro atoms. The number of unbranched alkanes of at least 4 members (excludes halogenated alkanes) is 2. The summed E-state index contributed by atoms with van der Waals surface area (Å²) in [6.07, 6.45) is 11.0. The second kappa shape index (κ2) is 19.3. The molecule has 0 saturated carbocycles. The third kappa shape index (κ3) is 10.1. The number of benzene rings is 5. The number of nitrogens with one attached hydrogen (secondary N) is 1. The number of amides is 1. The molecule has 0 bridgehead atoms. The van der Waals surface area contributed by atoms with Crippen LogP contribution >= 0.6 is 11.6 Å². The first kappa shape index (κ1) is 48.1. The van der Waals surface area contributed by atoms with E-state index in [9.17, 15) is 30.7 Å². The highest BCUT2D eigenvalue weighted by Crippen LogP contribution is 2.53. The number of hydrogen-bond donors (Lipinski definition) is 3. The van der Waals surface area contributed by atoms with Crippen LogP contribution in [-0.4, -0.2) is 66.7 Å². The van der Waals surface area contributed by atoms with E-state index in [1.807, 2.05) is 72.8 Å². The molecule has 0 fully saturated rings. The number of anilines is 2. The van der Waals surface area contributed by atoms with Crippen molar-refractivity contribution in [3.8, 4) is 0 Å². The first-order valence-electron chi connectivity index (χ1n) is 22.8. The van der Waals surface area contributed by atoms with E-state index >= 15 is 0 Å². The molecule has 3 unspecified atom stereocenters.